The lowest BCUT2D eigenvalue weighted by molar-refractivity contribution is 0.295. The summed E-state index contributed by atoms with van der Waals surface area (Å²) in [5.41, 5.74) is 0. The Morgan fingerprint density at radius 1 is 0.833 bits per heavy atom. The van der Waals surface area contributed by atoms with Gasteiger partial charge in [-0.3, -0.25) is 0 Å². The van der Waals surface area contributed by atoms with Crippen molar-refractivity contribution in [1.82, 2.24) is 12.3 Å². The van der Waals surface area contributed by atoms with E-state index in [0.717, 1.165) is 6.42 Å². The van der Waals surface area contributed by atoms with E-state index in [1.54, 1.807) is 0 Å². The van der Waals surface area contributed by atoms with Gasteiger partial charge in [-0.25, -0.2) is 0 Å². The van der Waals surface area contributed by atoms with Gasteiger partial charge in [-0.15, -0.1) is 39.5 Å². The van der Waals surface area contributed by atoms with E-state index in [1.165, 1.54) is 0 Å². The van der Waals surface area contributed by atoms with Gasteiger partial charge in [0, 0.05) is 6.61 Å². The second-order valence-electron chi connectivity index (χ2n) is 0.724. The molecule has 0 aliphatic heterocycles. The molecule has 0 aliphatic carbocycles. The predicted octanol–water partition coefficient (Wildman–Crippen LogP) is 3.12. The van der Waals surface area contributed by atoms with Crippen LogP contribution in [0.4, 0.5) is 0 Å². The monoisotopic (exact) mass is 178 g/mol. The Hall–Kier alpha value is -0.900. The minimum atomic E-state index is 0. The molecule has 0 aromatic heterocycles. The molecule has 0 saturated carbocycles. The standard InChI is InChI=1S/C3H8O.3C2H4.2H3N/c1-2-3-4;3*1-2;;/h4H,2-3H2,1H3;3*1-2H2;2*1H3. The zero-order valence-corrected chi connectivity index (χ0v) is 8.52. The molecule has 7 N–H and O–H groups in total. The molecule has 0 amide bonds. The van der Waals surface area contributed by atoms with Crippen molar-refractivity contribution in [3.63, 3.8) is 0 Å². The largest absolute Gasteiger partial charge is 0.396 e. The van der Waals surface area contributed by atoms with Crippen molar-refractivity contribution in [2.75, 3.05) is 6.61 Å². The van der Waals surface area contributed by atoms with Crippen LogP contribution < -0.4 is 12.3 Å². The van der Waals surface area contributed by atoms with E-state index in [4.69, 9.17) is 5.11 Å². The first-order valence-electron chi connectivity index (χ1n) is 3.02. The fourth-order valence-corrected chi connectivity index (χ4v) is 0. The third kappa shape index (κ3) is 59700. The van der Waals surface area contributed by atoms with Crippen LogP contribution in [0.25, 0.3) is 0 Å². The maximum Gasteiger partial charge on any atom is 0.0428 e. The van der Waals surface area contributed by atoms with E-state index in [-0.39, 0.29) is 12.3 Å². The fraction of sp³-hybridized carbons (Fsp3) is 0.333. The zero-order valence-electron chi connectivity index (χ0n) is 8.52. The van der Waals surface area contributed by atoms with Crippen LogP contribution in [0.2, 0.25) is 0 Å². The van der Waals surface area contributed by atoms with Crippen LogP contribution in [0.15, 0.2) is 39.5 Å². The van der Waals surface area contributed by atoms with Gasteiger partial charge in [0.2, 0.25) is 0 Å². The molecule has 0 heterocycles. The van der Waals surface area contributed by atoms with Gasteiger partial charge in [-0.1, -0.05) is 6.92 Å². The van der Waals surface area contributed by atoms with Crippen LogP contribution >= 0.6 is 0 Å². The lowest BCUT2D eigenvalue weighted by Crippen LogP contribution is -1.69. The third-order valence-corrected chi connectivity index (χ3v) is 0.224. The molecule has 78 valence electrons. The van der Waals surface area contributed by atoms with Gasteiger partial charge >= 0.3 is 0 Å². The van der Waals surface area contributed by atoms with Crippen LogP contribution in [-0.2, 0) is 0 Å². The van der Waals surface area contributed by atoms with Crippen molar-refractivity contribution in [1.29, 1.82) is 0 Å². The van der Waals surface area contributed by atoms with E-state index in [1.807, 2.05) is 6.92 Å². The van der Waals surface area contributed by atoms with Gasteiger partial charge in [0.05, 0.1) is 0 Å². The molecule has 0 unspecified atom stereocenters. The van der Waals surface area contributed by atoms with E-state index < -0.39 is 0 Å². The Morgan fingerprint density at radius 2 is 0.917 bits per heavy atom. The molecule has 0 fully saturated rings. The minimum Gasteiger partial charge on any atom is -0.396 e. The highest BCUT2D eigenvalue weighted by Crippen LogP contribution is 1.61. The first-order chi connectivity index (χ1) is 4.91. The smallest absolute Gasteiger partial charge is 0.0428 e. The number of hydrogen-bond donors (Lipinski definition) is 3. The number of aliphatic hydroxyl groups is 1. The number of hydrogen-bond acceptors (Lipinski definition) is 3. The zero-order chi connectivity index (χ0) is 9.41. The van der Waals surface area contributed by atoms with Crippen molar-refractivity contribution < 1.29 is 5.11 Å². The Bertz CT molecular complexity index is 29.0. The van der Waals surface area contributed by atoms with Gasteiger partial charge in [0.15, 0.2) is 0 Å². The molecule has 3 nitrogen and oxygen atoms in total. The minimum absolute atomic E-state index is 0. The SMILES string of the molecule is C=C.C=C.C=C.CCCO.N.N. The second kappa shape index (κ2) is 691. The van der Waals surface area contributed by atoms with E-state index >= 15 is 0 Å². The third-order valence-electron chi connectivity index (χ3n) is 0.224. The first kappa shape index (κ1) is 43.5. The molecule has 0 bridgehead atoms. The molecule has 0 aromatic rings. The average Bonchev–Trinajstić information content (AvgIpc) is 2.14. The van der Waals surface area contributed by atoms with Crippen molar-refractivity contribution in [2.24, 2.45) is 0 Å². The Labute approximate surface area is 77.7 Å². The van der Waals surface area contributed by atoms with Crippen molar-refractivity contribution in [2.45, 2.75) is 13.3 Å². The summed E-state index contributed by atoms with van der Waals surface area (Å²) in [4.78, 5) is 0. The van der Waals surface area contributed by atoms with Crippen LogP contribution in [0.3, 0.4) is 0 Å². The van der Waals surface area contributed by atoms with Crippen LogP contribution in [-0.4, -0.2) is 11.7 Å². The van der Waals surface area contributed by atoms with E-state index in [2.05, 4.69) is 39.5 Å². The molecule has 0 aliphatic rings. The topological polar surface area (TPSA) is 90.2 Å². The van der Waals surface area contributed by atoms with Gasteiger partial charge in [-0.05, 0) is 6.42 Å². The molecular weight excluding hydrogens is 152 g/mol. The first-order valence-corrected chi connectivity index (χ1v) is 3.02. The van der Waals surface area contributed by atoms with E-state index in [0.29, 0.717) is 6.61 Å². The van der Waals surface area contributed by atoms with Crippen LogP contribution in [0.1, 0.15) is 13.3 Å². The molecule has 0 atom stereocenters. The molecular formula is C9H26N2O. The Morgan fingerprint density at radius 3 is 0.917 bits per heavy atom. The highest BCUT2D eigenvalue weighted by atomic mass is 16.2. The van der Waals surface area contributed by atoms with Crippen LogP contribution in [0, 0.1) is 0 Å². The second-order valence-corrected chi connectivity index (χ2v) is 0.724. The van der Waals surface area contributed by atoms with Gasteiger partial charge in [0.1, 0.15) is 0 Å². The summed E-state index contributed by atoms with van der Waals surface area (Å²) in [6.45, 7) is 20.2. The summed E-state index contributed by atoms with van der Waals surface area (Å²) in [6, 6.07) is 0. The Balaban J connectivity index is -0.0000000101. The molecule has 0 aromatic carbocycles. The Kier molecular flexibility index (Phi) is 2510. The number of rotatable bonds is 1. The summed E-state index contributed by atoms with van der Waals surface area (Å²) in [7, 11) is 0. The van der Waals surface area contributed by atoms with Crippen molar-refractivity contribution in [3.05, 3.63) is 39.5 Å². The van der Waals surface area contributed by atoms with Gasteiger partial charge in [-0.2, -0.15) is 0 Å². The van der Waals surface area contributed by atoms with Gasteiger partial charge < -0.3 is 17.4 Å². The fourth-order valence-electron chi connectivity index (χ4n) is 0. The normalized spacial score (nSPS) is 3.50. The highest BCUT2D eigenvalue weighted by molar-refractivity contribution is 4.22. The highest BCUT2D eigenvalue weighted by Gasteiger charge is 1.57. The summed E-state index contributed by atoms with van der Waals surface area (Å²) in [6.07, 6.45) is 0.875. The average molecular weight is 178 g/mol. The summed E-state index contributed by atoms with van der Waals surface area (Å²) in [5, 5.41) is 7.88. The number of aliphatic hydroxyl groups excluding tert-OH is 1. The van der Waals surface area contributed by atoms with Crippen molar-refractivity contribution >= 4 is 0 Å². The predicted molar refractivity (Wildman–Crippen MR) is 61.2 cm³/mol. The summed E-state index contributed by atoms with van der Waals surface area (Å²) >= 11 is 0. The molecule has 3 heteroatoms. The maximum absolute atomic E-state index is 7.88. The molecule has 0 rings (SSSR count). The lowest BCUT2D eigenvalue weighted by Gasteiger charge is -1.69. The molecule has 0 saturated heterocycles. The molecule has 12 heavy (non-hydrogen) atoms. The maximum atomic E-state index is 7.88. The summed E-state index contributed by atoms with van der Waals surface area (Å²) in [5.74, 6) is 0. The lowest BCUT2D eigenvalue weighted by atomic mass is 10.5. The molecule has 0 radical (unpaired) electrons. The van der Waals surface area contributed by atoms with Gasteiger partial charge in [0.25, 0.3) is 0 Å². The quantitative estimate of drug-likeness (QED) is 0.539. The van der Waals surface area contributed by atoms with Crippen molar-refractivity contribution in [3.8, 4) is 0 Å². The van der Waals surface area contributed by atoms with Crippen LogP contribution in [0.5, 0.6) is 0 Å². The summed E-state index contributed by atoms with van der Waals surface area (Å²) < 4.78 is 0. The van der Waals surface area contributed by atoms with E-state index in [9.17, 15) is 0 Å². The molecule has 0 spiro atoms.